The molecule has 112 valence electrons. The lowest BCUT2D eigenvalue weighted by Gasteiger charge is -2.10. The molecule has 0 fully saturated rings. The molecule has 5 nitrogen and oxygen atoms in total. The zero-order valence-electron chi connectivity index (χ0n) is 9.93. The lowest BCUT2D eigenvalue weighted by Crippen LogP contribution is -2.15. The van der Waals surface area contributed by atoms with Crippen LogP contribution in [0.2, 0.25) is 0 Å². The van der Waals surface area contributed by atoms with E-state index >= 15 is 0 Å². The van der Waals surface area contributed by atoms with Crippen molar-refractivity contribution in [2.75, 3.05) is 4.72 Å². The van der Waals surface area contributed by atoms with Crippen LogP contribution in [0.1, 0.15) is 10.4 Å². The Balaban J connectivity index is 2.47. The number of rotatable bonds is 4. The number of benzene rings is 1. The zero-order valence-corrected chi connectivity index (χ0v) is 16.9. The molecule has 0 aliphatic heterocycles. The number of anilines is 1. The van der Waals surface area contributed by atoms with Crippen LogP contribution in [0.25, 0.3) is 0 Å². The third-order valence-corrected chi connectivity index (χ3v) is 7.16. The third-order valence-electron chi connectivity index (χ3n) is 2.37. The van der Waals surface area contributed by atoms with Gasteiger partial charge >= 0.3 is 5.97 Å². The highest BCUT2D eigenvalue weighted by atomic mass is 127. The van der Waals surface area contributed by atoms with Crippen LogP contribution in [0.15, 0.2) is 36.7 Å². The minimum Gasteiger partial charge on any atom is -0.478 e. The van der Waals surface area contributed by atoms with Gasteiger partial charge < -0.3 is 5.11 Å². The third kappa shape index (κ3) is 3.97. The molecule has 1 aromatic heterocycles. The van der Waals surface area contributed by atoms with E-state index in [9.17, 15) is 13.2 Å². The van der Waals surface area contributed by atoms with Crippen LogP contribution in [0.5, 0.6) is 0 Å². The van der Waals surface area contributed by atoms with Gasteiger partial charge in [0.25, 0.3) is 10.0 Å². The molecule has 0 aliphatic rings. The second kappa shape index (κ2) is 6.52. The number of thiophene rings is 1. The van der Waals surface area contributed by atoms with Crippen molar-refractivity contribution >= 4 is 87.5 Å². The normalized spacial score (nSPS) is 11.4. The summed E-state index contributed by atoms with van der Waals surface area (Å²) in [5.74, 6) is -1.20. The number of carboxylic acids is 1. The summed E-state index contributed by atoms with van der Waals surface area (Å²) in [7, 11) is -3.87. The van der Waals surface area contributed by atoms with Crippen LogP contribution in [0, 0.1) is 3.57 Å². The van der Waals surface area contributed by atoms with Crippen molar-refractivity contribution in [3.63, 3.8) is 0 Å². The van der Waals surface area contributed by atoms with Crippen LogP contribution in [-0.2, 0) is 10.0 Å². The van der Waals surface area contributed by atoms with Gasteiger partial charge in [0.2, 0.25) is 0 Å². The van der Waals surface area contributed by atoms with Crippen LogP contribution in [-0.4, -0.2) is 19.5 Å². The van der Waals surface area contributed by atoms with Crippen molar-refractivity contribution in [2.45, 2.75) is 4.90 Å². The second-order valence-corrected chi connectivity index (χ2v) is 10.4. The smallest absolute Gasteiger partial charge is 0.337 e. The van der Waals surface area contributed by atoms with Crippen LogP contribution >= 0.6 is 65.8 Å². The fourth-order valence-corrected chi connectivity index (χ4v) is 6.87. The monoisotopic (exact) mass is 565 g/mol. The molecule has 0 bridgehead atoms. The zero-order chi connectivity index (χ0) is 15.8. The van der Waals surface area contributed by atoms with Gasteiger partial charge in [-0.2, -0.15) is 0 Å². The lowest BCUT2D eigenvalue weighted by molar-refractivity contribution is 0.0698. The van der Waals surface area contributed by atoms with E-state index in [1.807, 2.05) is 22.6 Å². The number of aromatic carboxylic acids is 1. The molecule has 0 spiro atoms. The van der Waals surface area contributed by atoms with Crippen molar-refractivity contribution in [2.24, 2.45) is 0 Å². The van der Waals surface area contributed by atoms with E-state index in [4.69, 9.17) is 5.11 Å². The molecule has 2 aromatic rings. The van der Waals surface area contributed by atoms with Crippen LogP contribution in [0.4, 0.5) is 5.69 Å². The summed E-state index contributed by atoms with van der Waals surface area (Å²) >= 11 is 9.56. The molecule has 2 N–H and O–H groups in total. The predicted molar refractivity (Wildman–Crippen MR) is 96.6 cm³/mol. The number of hydrogen-bond acceptors (Lipinski definition) is 4. The van der Waals surface area contributed by atoms with E-state index in [0.717, 1.165) is 0 Å². The maximum atomic E-state index is 12.3. The highest BCUT2D eigenvalue weighted by Crippen LogP contribution is 2.36. The lowest BCUT2D eigenvalue weighted by atomic mass is 10.2. The number of nitrogens with one attached hydrogen (secondary N) is 1. The summed E-state index contributed by atoms with van der Waals surface area (Å²) in [5, 5.41) is 9.16. The summed E-state index contributed by atoms with van der Waals surface area (Å²) in [4.78, 5) is 11.3. The summed E-state index contributed by atoms with van der Waals surface area (Å²) < 4.78 is 28.8. The fraction of sp³-hybridized carbons (Fsp3) is 0. The van der Waals surface area contributed by atoms with Crippen molar-refractivity contribution in [3.05, 3.63) is 41.0 Å². The molecule has 0 saturated heterocycles. The molecule has 2 rings (SSSR count). The Labute approximate surface area is 155 Å². The Morgan fingerprint density at radius 3 is 2.48 bits per heavy atom. The SMILES string of the molecule is O=C(O)c1cc(I)ccc1NS(=O)(=O)c1cc(Br)sc1Br. The number of hydrogen-bond donors (Lipinski definition) is 2. The topological polar surface area (TPSA) is 83.5 Å². The average molecular weight is 567 g/mol. The molecule has 0 amide bonds. The molecular formula is C11H6Br2INO4S2. The van der Waals surface area contributed by atoms with Gasteiger partial charge in [-0.1, -0.05) is 0 Å². The largest absolute Gasteiger partial charge is 0.478 e. The first-order valence-corrected chi connectivity index (χ1v) is 10.2. The molecule has 0 aliphatic carbocycles. The van der Waals surface area contributed by atoms with Crippen molar-refractivity contribution in [1.82, 2.24) is 0 Å². The average Bonchev–Trinajstić information content (AvgIpc) is 2.71. The Hall–Kier alpha value is -0.170. The minimum absolute atomic E-state index is 0.0251. The van der Waals surface area contributed by atoms with Crippen LogP contribution in [0.3, 0.4) is 0 Å². The first-order valence-electron chi connectivity index (χ1n) is 5.21. The predicted octanol–water partition coefficient (Wildman–Crippen LogP) is 4.38. The van der Waals surface area contributed by atoms with Gasteiger partial charge in [0.05, 0.1) is 18.8 Å². The van der Waals surface area contributed by atoms with E-state index in [1.54, 1.807) is 6.07 Å². The van der Waals surface area contributed by atoms with Gasteiger partial charge in [0.15, 0.2) is 0 Å². The Morgan fingerprint density at radius 1 is 1.29 bits per heavy atom. The first kappa shape index (κ1) is 17.2. The van der Waals surface area contributed by atoms with Crippen molar-refractivity contribution in [3.8, 4) is 0 Å². The van der Waals surface area contributed by atoms with Crippen molar-refractivity contribution < 1.29 is 18.3 Å². The molecule has 21 heavy (non-hydrogen) atoms. The van der Waals surface area contributed by atoms with Gasteiger partial charge in [-0.15, -0.1) is 11.3 Å². The summed E-state index contributed by atoms with van der Waals surface area (Å²) in [6, 6.07) is 5.91. The van der Waals surface area contributed by atoms with E-state index < -0.39 is 16.0 Å². The number of halogens is 3. The highest BCUT2D eigenvalue weighted by molar-refractivity contribution is 14.1. The van der Waals surface area contributed by atoms with E-state index in [-0.39, 0.29) is 16.1 Å². The number of sulfonamides is 1. The minimum atomic E-state index is -3.87. The van der Waals surface area contributed by atoms with Gasteiger partial charge in [-0.3, -0.25) is 4.72 Å². The van der Waals surface area contributed by atoms with E-state index in [1.165, 1.54) is 29.5 Å². The molecule has 1 heterocycles. The molecular weight excluding hydrogens is 561 g/mol. The molecule has 10 heteroatoms. The van der Waals surface area contributed by atoms with Gasteiger partial charge in [-0.25, -0.2) is 13.2 Å². The molecule has 0 saturated carbocycles. The standard InChI is InChI=1S/C11H6Br2INO4S2/c12-9-4-8(10(13)20-9)21(18,19)15-7-2-1-5(14)3-6(7)11(16)17/h1-4,15H,(H,16,17). The summed E-state index contributed by atoms with van der Waals surface area (Å²) in [5.41, 5.74) is -0.0759. The van der Waals surface area contributed by atoms with Gasteiger partial charge in [0.1, 0.15) is 4.90 Å². The Bertz CT molecular complexity index is 820. The van der Waals surface area contributed by atoms with Gasteiger partial charge in [-0.05, 0) is 78.7 Å². The van der Waals surface area contributed by atoms with Gasteiger partial charge in [0, 0.05) is 3.57 Å². The van der Waals surface area contributed by atoms with E-state index in [0.29, 0.717) is 11.1 Å². The quantitative estimate of drug-likeness (QED) is 0.538. The summed E-state index contributed by atoms with van der Waals surface area (Å²) in [6.07, 6.45) is 0. The van der Waals surface area contributed by atoms with Crippen LogP contribution < -0.4 is 4.72 Å². The number of carbonyl (C=O) groups is 1. The maximum Gasteiger partial charge on any atom is 0.337 e. The first-order chi connectivity index (χ1) is 9.70. The Morgan fingerprint density at radius 2 is 1.95 bits per heavy atom. The molecule has 1 aromatic carbocycles. The molecule has 0 atom stereocenters. The van der Waals surface area contributed by atoms with E-state index in [2.05, 4.69) is 36.6 Å². The fourth-order valence-electron chi connectivity index (χ4n) is 1.49. The Kier molecular flexibility index (Phi) is 5.34. The maximum absolute atomic E-state index is 12.3. The number of carboxylic acid groups (broad SMARTS) is 1. The van der Waals surface area contributed by atoms with Crippen molar-refractivity contribution in [1.29, 1.82) is 0 Å². The second-order valence-electron chi connectivity index (χ2n) is 3.79. The molecule has 0 radical (unpaired) electrons. The summed E-state index contributed by atoms with van der Waals surface area (Å²) in [6.45, 7) is 0. The highest BCUT2D eigenvalue weighted by Gasteiger charge is 2.23. The molecule has 0 unspecified atom stereocenters.